The minimum absolute atomic E-state index is 0.0126. The molecule has 0 heterocycles. The summed E-state index contributed by atoms with van der Waals surface area (Å²) in [5.41, 5.74) is 6.50. The third kappa shape index (κ3) is 12.2. The summed E-state index contributed by atoms with van der Waals surface area (Å²) in [7, 11) is 0. The molecule has 1 aliphatic carbocycles. The summed E-state index contributed by atoms with van der Waals surface area (Å²) < 4.78 is 35.8. The second-order valence-electron chi connectivity index (χ2n) is 9.18. The molecule has 0 aliphatic heterocycles. The Bertz CT molecular complexity index is 946. The maximum atomic E-state index is 12.4. The number of carbonyl (C=O) groups excluding carboxylic acids is 4. The van der Waals surface area contributed by atoms with E-state index in [1.54, 1.807) is 13.0 Å². The zero-order valence-electron chi connectivity index (χ0n) is 22.8. The fourth-order valence-corrected chi connectivity index (χ4v) is 3.64. The van der Waals surface area contributed by atoms with Gasteiger partial charge in [0.25, 0.3) is 0 Å². The van der Waals surface area contributed by atoms with Crippen molar-refractivity contribution in [3.63, 3.8) is 0 Å². The fraction of sp³-hybridized carbons (Fsp3) is 0.630. The highest BCUT2D eigenvalue weighted by Gasteiger charge is 2.23. The molecule has 1 saturated carbocycles. The van der Waals surface area contributed by atoms with Gasteiger partial charge < -0.3 is 38.9 Å². The molecule has 12 heteroatoms. The first-order valence-corrected chi connectivity index (χ1v) is 13.3. The number of carbonyl (C=O) groups is 4. The zero-order valence-corrected chi connectivity index (χ0v) is 22.8. The van der Waals surface area contributed by atoms with Gasteiger partial charge >= 0.3 is 24.4 Å². The van der Waals surface area contributed by atoms with Gasteiger partial charge in [0, 0.05) is 0 Å². The number of rotatable bonds is 13. The van der Waals surface area contributed by atoms with Crippen LogP contribution in [0, 0.1) is 0 Å². The number of esters is 1. The Labute approximate surface area is 228 Å². The maximum absolute atomic E-state index is 12.4. The van der Waals surface area contributed by atoms with Crippen LogP contribution in [-0.4, -0.2) is 62.5 Å². The van der Waals surface area contributed by atoms with Gasteiger partial charge in [-0.1, -0.05) is 26.3 Å². The Morgan fingerprint density at radius 3 is 2.10 bits per heavy atom. The first-order valence-electron chi connectivity index (χ1n) is 13.3. The number of nitrogens with two attached hydrogens (primary N) is 1. The van der Waals surface area contributed by atoms with Crippen LogP contribution in [0.15, 0.2) is 18.2 Å². The molecule has 0 radical (unpaired) electrons. The molecule has 0 aromatic heterocycles. The van der Waals surface area contributed by atoms with Crippen molar-refractivity contribution < 1.29 is 52.3 Å². The molecule has 1 fully saturated rings. The number of hydrogen-bond acceptors (Lipinski definition) is 12. The van der Waals surface area contributed by atoms with E-state index < -0.39 is 36.6 Å². The summed E-state index contributed by atoms with van der Waals surface area (Å²) >= 11 is 0. The van der Waals surface area contributed by atoms with E-state index in [0.29, 0.717) is 18.4 Å². The zero-order chi connectivity index (χ0) is 28.6. The van der Waals surface area contributed by atoms with Crippen LogP contribution < -0.4 is 15.2 Å². The average molecular weight is 554 g/mol. The molecule has 218 valence electrons. The van der Waals surface area contributed by atoms with E-state index in [9.17, 15) is 19.2 Å². The molecule has 0 bridgehead atoms. The average Bonchev–Trinajstić information content (AvgIpc) is 2.91. The van der Waals surface area contributed by atoms with E-state index in [1.807, 2.05) is 13.8 Å². The predicted octanol–water partition coefficient (Wildman–Crippen LogP) is 4.82. The molecular weight excluding hydrogens is 514 g/mol. The summed E-state index contributed by atoms with van der Waals surface area (Å²) in [5.74, 6) is -0.906. The quantitative estimate of drug-likeness (QED) is 0.202. The molecule has 12 nitrogen and oxygen atoms in total. The predicted molar refractivity (Wildman–Crippen MR) is 138 cm³/mol. The van der Waals surface area contributed by atoms with Crippen LogP contribution in [0.4, 0.5) is 14.4 Å². The molecule has 2 rings (SSSR count). The van der Waals surface area contributed by atoms with Crippen molar-refractivity contribution in [1.29, 1.82) is 0 Å². The van der Waals surface area contributed by atoms with Gasteiger partial charge in [-0.3, -0.25) is 4.79 Å². The van der Waals surface area contributed by atoms with E-state index in [0.717, 1.165) is 32.1 Å². The molecule has 2 atom stereocenters. The smallest absolute Gasteiger partial charge is 0.461 e. The van der Waals surface area contributed by atoms with Crippen LogP contribution in [0.3, 0.4) is 0 Å². The van der Waals surface area contributed by atoms with E-state index in [2.05, 4.69) is 0 Å². The van der Waals surface area contributed by atoms with E-state index >= 15 is 0 Å². The van der Waals surface area contributed by atoms with Crippen molar-refractivity contribution in [2.75, 3.05) is 19.8 Å². The van der Waals surface area contributed by atoms with Gasteiger partial charge in [0.2, 0.25) is 0 Å². The first kappa shape index (κ1) is 31.7. The van der Waals surface area contributed by atoms with Crippen LogP contribution in [0.2, 0.25) is 0 Å². The molecule has 1 aromatic rings. The van der Waals surface area contributed by atoms with E-state index in [-0.39, 0.29) is 43.8 Å². The molecule has 0 spiro atoms. The molecule has 0 amide bonds. The van der Waals surface area contributed by atoms with Gasteiger partial charge in [-0.15, -0.1) is 0 Å². The lowest BCUT2D eigenvalue weighted by molar-refractivity contribution is -0.148. The van der Waals surface area contributed by atoms with Gasteiger partial charge in [0.1, 0.15) is 24.9 Å². The van der Waals surface area contributed by atoms with Crippen LogP contribution in [0.25, 0.3) is 0 Å². The molecule has 1 aromatic carbocycles. The third-order valence-corrected chi connectivity index (χ3v) is 5.57. The second kappa shape index (κ2) is 17.1. The van der Waals surface area contributed by atoms with E-state index in [4.69, 9.17) is 38.9 Å². The third-order valence-electron chi connectivity index (χ3n) is 5.57. The number of benzene rings is 1. The van der Waals surface area contributed by atoms with Gasteiger partial charge in [-0.05, 0) is 69.6 Å². The molecule has 0 unspecified atom stereocenters. The summed E-state index contributed by atoms with van der Waals surface area (Å²) in [6.07, 6.45) is 2.39. The van der Waals surface area contributed by atoms with Gasteiger partial charge in [-0.2, -0.15) is 0 Å². The summed E-state index contributed by atoms with van der Waals surface area (Å²) in [4.78, 5) is 48.3. The normalized spacial score (nSPS) is 14.9. The molecule has 39 heavy (non-hydrogen) atoms. The summed E-state index contributed by atoms with van der Waals surface area (Å²) in [5, 5.41) is 0. The first-order chi connectivity index (χ1) is 18.7. The van der Waals surface area contributed by atoms with Gasteiger partial charge in [0.05, 0.1) is 13.2 Å². The molecule has 0 saturated heterocycles. The number of ether oxygens (including phenoxy) is 7. The monoisotopic (exact) mass is 553 g/mol. The van der Waals surface area contributed by atoms with Gasteiger partial charge in [-0.25, -0.2) is 14.4 Å². The van der Waals surface area contributed by atoms with Crippen molar-refractivity contribution in [2.45, 2.75) is 90.4 Å². The summed E-state index contributed by atoms with van der Waals surface area (Å²) in [6, 6.07) is 3.26. The topological polar surface area (TPSA) is 159 Å². The highest BCUT2D eigenvalue weighted by molar-refractivity contribution is 5.76. The lowest BCUT2D eigenvalue weighted by Crippen LogP contribution is -2.36. The van der Waals surface area contributed by atoms with Crippen molar-refractivity contribution in [1.82, 2.24) is 0 Å². The molecular formula is C27H39NO11. The Balaban J connectivity index is 1.91. The SMILES string of the molecule is CCCOC(=O)Oc1ccc(C[C@H](N)C(=O)OC[C@H](C)OC(=O)OC2CCCCC2)cc1OC(=O)OCCC. The highest BCUT2D eigenvalue weighted by Crippen LogP contribution is 2.30. The lowest BCUT2D eigenvalue weighted by atomic mass is 9.98. The Morgan fingerprint density at radius 2 is 1.49 bits per heavy atom. The maximum Gasteiger partial charge on any atom is 0.513 e. The standard InChI is InChI=1S/C27H39NO11/c1-4-13-33-25(30)38-22-12-11-19(16-23(22)39-26(31)34-14-5-2)15-21(28)24(29)35-17-18(3)36-27(32)37-20-9-7-6-8-10-20/h11-12,16,18,20-21H,4-10,13-15,17,28H2,1-3H3/t18-,21-/m0/s1. The van der Waals surface area contributed by atoms with Crippen molar-refractivity contribution in [3.8, 4) is 11.5 Å². The number of hydrogen-bond donors (Lipinski definition) is 1. The van der Waals surface area contributed by atoms with Gasteiger partial charge in [0.15, 0.2) is 11.5 Å². The van der Waals surface area contributed by atoms with Crippen LogP contribution in [0.5, 0.6) is 11.5 Å². The Hall–Kier alpha value is -3.54. The summed E-state index contributed by atoms with van der Waals surface area (Å²) in [6.45, 7) is 5.33. The molecule has 2 N–H and O–H groups in total. The molecule has 1 aliphatic rings. The van der Waals surface area contributed by atoms with Crippen LogP contribution in [-0.2, 0) is 34.9 Å². The van der Waals surface area contributed by atoms with Crippen LogP contribution in [0.1, 0.15) is 71.3 Å². The Kier molecular flexibility index (Phi) is 13.9. The van der Waals surface area contributed by atoms with Crippen molar-refractivity contribution in [2.24, 2.45) is 5.73 Å². The van der Waals surface area contributed by atoms with Crippen molar-refractivity contribution in [3.05, 3.63) is 23.8 Å². The highest BCUT2D eigenvalue weighted by atomic mass is 16.7. The minimum Gasteiger partial charge on any atom is -0.461 e. The van der Waals surface area contributed by atoms with E-state index in [1.165, 1.54) is 12.1 Å². The minimum atomic E-state index is -1.08. The lowest BCUT2D eigenvalue weighted by Gasteiger charge is -2.22. The van der Waals surface area contributed by atoms with Crippen molar-refractivity contribution >= 4 is 24.4 Å². The second-order valence-corrected chi connectivity index (χ2v) is 9.18. The largest absolute Gasteiger partial charge is 0.513 e. The fourth-order valence-electron chi connectivity index (χ4n) is 3.64. The van der Waals surface area contributed by atoms with Crippen LogP contribution >= 0.6 is 0 Å². The Morgan fingerprint density at radius 1 is 0.872 bits per heavy atom.